The van der Waals surface area contributed by atoms with Gasteiger partial charge in [-0.2, -0.15) is 0 Å². The summed E-state index contributed by atoms with van der Waals surface area (Å²) >= 11 is 0. The van der Waals surface area contributed by atoms with E-state index in [9.17, 15) is 4.79 Å². The third-order valence-corrected chi connectivity index (χ3v) is 3.17. The van der Waals surface area contributed by atoms with E-state index < -0.39 is 0 Å². The Morgan fingerprint density at radius 2 is 2.24 bits per heavy atom. The van der Waals surface area contributed by atoms with Crippen molar-refractivity contribution in [1.82, 2.24) is 5.32 Å². The summed E-state index contributed by atoms with van der Waals surface area (Å²) in [4.78, 5) is 13.6. The van der Waals surface area contributed by atoms with Gasteiger partial charge in [0.25, 0.3) is 0 Å². The molecule has 1 fully saturated rings. The maximum absolute atomic E-state index is 11.9. The van der Waals surface area contributed by atoms with Crippen LogP contribution in [0.5, 0.6) is 0 Å². The number of hydrogen-bond donors (Lipinski definition) is 1. The molecule has 92 valence electrons. The van der Waals surface area contributed by atoms with Crippen LogP contribution in [0.3, 0.4) is 0 Å². The number of carbonyl (C=O) groups excluding carboxylic acids is 1. The van der Waals surface area contributed by atoms with Crippen LogP contribution in [0.1, 0.15) is 18.4 Å². The highest BCUT2D eigenvalue weighted by Crippen LogP contribution is 2.27. The Bertz CT molecular complexity index is 399. The number of hydrogen-bond acceptors (Lipinski definition) is 2. The van der Waals surface area contributed by atoms with Crippen LogP contribution in [0.25, 0.3) is 0 Å². The van der Waals surface area contributed by atoms with Crippen LogP contribution >= 0.6 is 0 Å². The van der Waals surface area contributed by atoms with Crippen molar-refractivity contribution in [3.8, 4) is 0 Å². The molecule has 1 aromatic rings. The van der Waals surface area contributed by atoms with Gasteiger partial charge in [0.15, 0.2) is 0 Å². The number of amides is 1. The van der Waals surface area contributed by atoms with Crippen LogP contribution in [0.15, 0.2) is 24.3 Å². The molecule has 1 aliphatic rings. The first kappa shape index (κ1) is 12.1. The third kappa shape index (κ3) is 3.56. The lowest BCUT2D eigenvalue weighted by atomic mass is 10.2. The van der Waals surface area contributed by atoms with E-state index in [1.165, 1.54) is 18.4 Å². The third-order valence-electron chi connectivity index (χ3n) is 3.17. The number of nitrogens with zero attached hydrogens (tertiary/aromatic N) is 1. The zero-order chi connectivity index (χ0) is 12.3. The molecule has 1 amide bonds. The summed E-state index contributed by atoms with van der Waals surface area (Å²) < 4.78 is 0. The second-order valence-electron chi connectivity index (χ2n) is 4.87. The van der Waals surface area contributed by atoms with Gasteiger partial charge in [-0.25, -0.2) is 0 Å². The van der Waals surface area contributed by atoms with Gasteiger partial charge in [-0.05, 0) is 49.9 Å². The molecule has 0 atom stereocenters. The van der Waals surface area contributed by atoms with Gasteiger partial charge < -0.3 is 10.2 Å². The maximum atomic E-state index is 11.9. The highest BCUT2D eigenvalue weighted by molar-refractivity contribution is 5.94. The van der Waals surface area contributed by atoms with Crippen molar-refractivity contribution < 1.29 is 4.79 Å². The van der Waals surface area contributed by atoms with Crippen molar-refractivity contribution in [3.05, 3.63) is 29.8 Å². The minimum Gasteiger partial charge on any atom is -0.314 e. The Balaban J connectivity index is 1.84. The Morgan fingerprint density at radius 1 is 1.47 bits per heavy atom. The van der Waals surface area contributed by atoms with Crippen LogP contribution in [0.2, 0.25) is 0 Å². The number of benzene rings is 1. The molecule has 3 heteroatoms. The maximum Gasteiger partial charge on any atom is 0.240 e. The summed E-state index contributed by atoms with van der Waals surface area (Å²) in [5.74, 6) is 0.934. The van der Waals surface area contributed by atoms with E-state index in [0.717, 1.165) is 18.2 Å². The Morgan fingerprint density at radius 3 is 2.88 bits per heavy atom. The first-order chi connectivity index (χ1) is 8.16. The lowest BCUT2D eigenvalue weighted by Crippen LogP contribution is -2.36. The SMILES string of the molecule is Cc1cccc(N(C)C(=O)CNCC2CC2)c1. The molecule has 0 spiro atoms. The summed E-state index contributed by atoms with van der Waals surface area (Å²) in [5.41, 5.74) is 2.14. The number of aryl methyl sites for hydroxylation is 1. The molecule has 0 aliphatic heterocycles. The first-order valence-corrected chi connectivity index (χ1v) is 6.21. The molecule has 0 bridgehead atoms. The number of likely N-dealkylation sites (N-methyl/N-ethyl adjacent to an activating group) is 1. The highest BCUT2D eigenvalue weighted by atomic mass is 16.2. The van der Waals surface area contributed by atoms with Crippen LogP contribution in [0, 0.1) is 12.8 Å². The van der Waals surface area contributed by atoms with Crippen molar-refractivity contribution in [2.45, 2.75) is 19.8 Å². The van der Waals surface area contributed by atoms with Crippen molar-refractivity contribution in [1.29, 1.82) is 0 Å². The summed E-state index contributed by atoms with van der Waals surface area (Å²) in [6.07, 6.45) is 2.63. The topological polar surface area (TPSA) is 32.3 Å². The number of carbonyl (C=O) groups is 1. The normalized spacial score (nSPS) is 14.7. The molecule has 0 heterocycles. The molecule has 1 aromatic carbocycles. The highest BCUT2D eigenvalue weighted by Gasteiger charge is 2.21. The second-order valence-corrected chi connectivity index (χ2v) is 4.87. The van der Waals surface area contributed by atoms with E-state index in [1.807, 2.05) is 38.2 Å². The van der Waals surface area contributed by atoms with E-state index >= 15 is 0 Å². The lowest BCUT2D eigenvalue weighted by molar-refractivity contribution is -0.117. The molecule has 0 radical (unpaired) electrons. The van der Waals surface area contributed by atoms with Gasteiger partial charge >= 0.3 is 0 Å². The fourth-order valence-corrected chi connectivity index (χ4v) is 1.80. The average Bonchev–Trinajstić information content (AvgIpc) is 3.12. The van der Waals surface area contributed by atoms with E-state index in [2.05, 4.69) is 5.32 Å². The summed E-state index contributed by atoms with van der Waals surface area (Å²) in [5, 5.41) is 3.22. The summed E-state index contributed by atoms with van der Waals surface area (Å²) in [7, 11) is 1.83. The van der Waals surface area contributed by atoms with Gasteiger partial charge in [-0.15, -0.1) is 0 Å². The van der Waals surface area contributed by atoms with Crippen molar-refractivity contribution in [3.63, 3.8) is 0 Å². The Labute approximate surface area is 103 Å². The fourth-order valence-electron chi connectivity index (χ4n) is 1.80. The molecule has 0 aromatic heterocycles. The molecule has 17 heavy (non-hydrogen) atoms. The Hall–Kier alpha value is -1.35. The smallest absolute Gasteiger partial charge is 0.240 e. The zero-order valence-electron chi connectivity index (χ0n) is 10.6. The Kier molecular flexibility index (Phi) is 3.79. The molecule has 1 aliphatic carbocycles. The van der Waals surface area contributed by atoms with Gasteiger partial charge in [0.1, 0.15) is 0 Å². The van der Waals surface area contributed by atoms with E-state index in [1.54, 1.807) is 4.90 Å². The van der Waals surface area contributed by atoms with Gasteiger partial charge in [0, 0.05) is 12.7 Å². The van der Waals surface area contributed by atoms with Crippen molar-refractivity contribution in [2.75, 3.05) is 25.0 Å². The predicted molar refractivity (Wildman–Crippen MR) is 70.2 cm³/mol. The quantitative estimate of drug-likeness (QED) is 0.841. The largest absolute Gasteiger partial charge is 0.314 e. The van der Waals surface area contributed by atoms with Crippen LogP contribution in [0.4, 0.5) is 5.69 Å². The molecule has 2 rings (SSSR count). The number of nitrogens with one attached hydrogen (secondary N) is 1. The monoisotopic (exact) mass is 232 g/mol. The van der Waals surface area contributed by atoms with Crippen LogP contribution in [-0.2, 0) is 4.79 Å². The van der Waals surface area contributed by atoms with Gasteiger partial charge in [0.05, 0.1) is 6.54 Å². The molecule has 0 saturated heterocycles. The number of anilines is 1. The summed E-state index contributed by atoms with van der Waals surface area (Å²) in [6, 6.07) is 8.00. The van der Waals surface area contributed by atoms with Gasteiger partial charge in [-0.3, -0.25) is 4.79 Å². The van der Waals surface area contributed by atoms with Gasteiger partial charge in [0.2, 0.25) is 5.91 Å². The van der Waals surface area contributed by atoms with E-state index in [0.29, 0.717) is 6.54 Å². The average molecular weight is 232 g/mol. The molecule has 0 unspecified atom stereocenters. The number of rotatable bonds is 5. The molecular formula is C14H20N2O. The fraction of sp³-hybridized carbons (Fsp3) is 0.500. The molecule has 1 N–H and O–H groups in total. The second kappa shape index (κ2) is 5.32. The van der Waals surface area contributed by atoms with Crippen LogP contribution < -0.4 is 10.2 Å². The van der Waals surface area contributed by atoms with Crippen molar-refractivity contribution >= 4 is 11.6 Å². The van der Waals surface area contributed by atoms with Gasteiger partial charge in [-0.1, -0.05) is 12.1 Å². The van der Waals surface area contributed by atoms with Crippen molar-refractivity contribution in [2.24, 2.45) is 5.92 Å². The first-order valence-electron chi connectivity index (χ1n) is 6.21. The van der Waals surface area contributed by atoms with E-state index in [-0.39, 0.29) is 5.91 Å². The molecule has 3 nitrogen and oxygen atoms in total. The van der Waals surface area contributed by atoms with E-state index in [4.69, 9.17) is 0 Å². The zero-order valence-corrected chi connectivity index (χ0v) is 10.6. The van der Waals surface area contributed by atoms with Crippen LogP contribution in [-0.4, -0.2) is 26.0 Å². The predicted octanol–water partition coefficient (Wildman–Crippen LogP) is 1.96. The molecule has 1 saturated carbocycles. The standard InChI is InChI=1S/C14H20N2O/c1-11-4-3-5-13(8-11)16(2)14(17)10-15-9-12-6-7-12/h3-5,8,12,15H,6-7,9-10H2,1-2H3. The lowest BCUT2D eigenvalue weighted by Gasteiger charge is -2.18. The molecular weight excluding hydrogens is 212 g/mol. The minimum absolute atomic E-state index is 0.122. The summed E-state index contributed by atoms with van der Waals surface area (Å²) in [6.45, 7) is 3.45. The minimum atomic E-state index is 0.122.